The molecule has 2 rings (SSSR count). The highest BCUT2D eigenvalue weighted by atomic mass is 16.3. The van der Waals surface area contributed by atoms with Gasteiger partial charge in [-0.1, -0.05) is 42.5 Å². The molecule has 2 N–H and O–H groups in total. The van der Waals surface area contributed by atoms with Crippen LogP contribution in [0.2, 0.25) is 0 Å². The van der Waals surface area contributed by atoms with Crippen molar-refractivity contribution in [2.45, 2.75) is 12.8 Å². The number of amides is 1. The van der Waals surface area contributed by atoms with Gasteiger partial charge in [-0.25, -0.2) is 5.43 Å². The first-order valence-electron chi connectivity index (χ1n) is 6.41. The largest absolute Gasteiger partial charge is 0.507 e. The molecule has 0 heterocycles. The van der Waals surface area contributed by atoms with Crippen LogP contribution in [0.25, 0.3) is 0 Å². The molecule has 0 aliphatic carbocycles. The quantitative estimate of drug-likeness (QED) is 0.647. The van der Waals surface area contributed by atoms with Crippen LogP contribution in [0, 0.1) is 0 Å². The number of phenolic OH excluding ortho intramolecular Hbond substituents is 1. The van der Waals surface area contributed by atoms with E-state index < -0.39 is 5.91 Å². The van der Waals surface area contributed by atoms with Gasteiger partial charge in [-0.05, 0) is 30.5 Å². The molecule has 0 radical (unpaired) electrons. The third kappa shape index (κ3) is 3.95. The average molecular weight is 268 g/mol. The van der Waals surface area contributed by atoms with Crippen molar-refractivity contribution in [2.75, 3.05) is 0 Å². The van der Waals surface area contributed by atoms with Gasteiger partial charge in [0.15, 0.2) is 0 Å². The van der Waals surface area contributed by atoms with E-state index in [1.807, 2.05) is 18.2 Å². The number of aromatic hydroxyl groups is 1. The Labute approximate surface area is 117 Å². The van der Waals surface area contributed by atoms with E-state index in [9.17, 15) is 9.90 Å². The van der Waals surface area contributed by atoms with E-state index in [2.05, 4.69) is 22.7 Å². The van der Waals surface area contributed by atoms with Crippen LogP contribution in [-0.4, -0.2) is 17.2 Å². The van der Waals surface area contributed by atoms with Crippen molar-refractivity contribution in [1.82, 2.24) is 5.43 Å². The number of nitrogens with zero attached hydrogens (tertiary/aromatic N) is 1. The molecule has 0 aliphatic rings. The van der Waals surface area contributed by atoms with Crippen molar-refractivity contribution in [3.63, 3.8) is 0 Å². The second-order valence-corrected chi connectivity index (χ2v) is 4.29. The molecule has 102 valence electrons. The predicted octanol–water partition coefficient (Wildman–Crippen LogP) is 2.74. The average Bonchev–Trinajstić information content (AvgIpc) is 2.48. The molecule has 0 saturated heterocycles. The molecule has 1 amide bonds. The molecule has 0 aliphatic heterocycles. The summed E-state index contributed by atoms with van der Waals surface area (Å²) < 4.78 is 0. The molecule has 0 spiro atoms. The maximum Gasteiger partial charge on any atom is 0.275 e. The third-order valence-electron chi connectivity index (χ3n) is 2.81. The highest BCUT2D eigenvalue weighted by Crippen LogP contribution is 2.14. The number of carbonyl (C=O) groups excluding carboxylic acids is 1. The van der Waals surface area contributed by atoms with Crippen molar-refractivity contribution in [3.8, 4) is 5.75 Å². The minimum Gasteiger partial charge on any atom is -0.507 e. The first-order chi connectivity index (χ1) is 9.77. The van der Waals surface area contributed by atoms with Crippen LogP contribution < -0.4 is 5.43 Å². The van der Waals surface area contributed by atoms with Crippen LogP contribution in [-0.2, 0) is 6.42 Å². The highest BCUT2D eigenvalue weighted by Gasteiger charge is 2.08. The van der Waals surface area contributed by atoms with Crippen LogP contribution in [0.1, 0.15) is 22.3 Å². The molecule has 2 aromatic carbocycles. The van der Waals surface area contributed by atoms with Crippen LogP contribution in [0.5, 0.6) is 5.75 Å². The second kappa shape index (κ2) is 7.09. The summed E-state index contributed by atoms with van der Waals surface area (Å²) in [6, 6.07) is 16.4. The lowest BCUT2D eigenvalue weighted by atomic mass is 10.1. The zero-order valence-electron chi connectivity index (χ0n) is 11.0. The van der Waals surface area contributed by atoms with Crippen LogP contribution >= 0.6 is 0 Å². The Morgan fingerprint density at radius 2 is 1.80 bits per heavy atom. The Morgan fingerprint density at radius 1 is 1.10 bits per heavy atom. The van der Waals surface area contributed by atoms with E-state index in [0.717, 1.165) is 12.8 Å². The van der Waals surface area contributed by atoms with E-state index >= 15 is 0 Å². The summed E-state index contributed by atoms with van der Waals surface area (Å²) in [5, 5.41) is 13.4. The first kappa shape index (κ1) is 13.8. The van der Waals surface area contributed by atoms with Crippen LogP contribution in [0.3, 0.4) is 0 Å². The van der Waals surface area contributed by atoms with E-state index in [1.54, 1.807) is 24.4 Å². The lowest BCUT2D eigenvalue weighted by Gasteiger charge is -2.01. The number of hydrogen-bond acceptors (Lipinski definition) is 3. The van der Waals surface area contributed by atoms with Gasteiger partial charge in [0.05, 0.1) is 5.56 Å². The third-order valence-corrected chi connectivity index (χ3v) is 2.81. The first-order valence-corrected chi connectivity index (χ1v) is 6.41. The van der Waals surface area contributed by atoms with Gasteiger partial charge >= 0.3 is 0 Å². The van der Waals surface area contributed by atoms with Crippen LogP contribution in [0.15, 0.2) is 59.7 Å². The zero-order valence-corrected chi connectivity index (χ0v) is 11.0. The summed E-state index contributed by atoms with van der Waals surface area (Å²) in [4.78, 5) is 11.7. The number of phenols is 1. The molecule has 0 bridgehead atoms. The van der Waals surface area contributed by atoms with Crippen molar-refractivity contribution in [2.24, 2.45) is 5.10 Å². The molecular formula is C16H16N2O2. The smallest absolute Gasteiger partial charge is 0.275 e. The normalized spacial score (nSPS) is 10.6. The summed E-state index contributed by atoms with van der Waals surface area (Å²) in [6.45, 7) is 0. The maximum absolute atomic E-state index is 11.7. The lowest BCUT2D eigenvalue weighted by Crippen LogP contribution is -2.17. The standard InChI is InChI=1S/C16H16N2O2/c19-15-11-5-4-10-14(15)16(20)18-17-12-6-9-13-7-2-1-3-8-13/h1-5,7-8,10-12,19H,6,9H2,(H,18,20)/b17-12-. The minimum absolute atomic E-state index is 0.0514. The zero-order chi connectivity index (χ0) is 14.2. The highest BCUT2D eigenvalue weighted by molar-refractivity contribution is 5.96. The fraction of sp³-hybridized carbons (Fsp3) is 0.125. The summed E-state index contributed by atoms with van der Waals surface area (Å²) in [5.41, 5.74) is 3.84. The molecule has 0 atom stereocenters. The summed E-state index contributed by atoms with van der Waals surface area (Å²) in [7, 11) is 0. The second-order valence-electron chi connectivity index (χ2n) is 4.29. The molecule has 2 aromatic rings. The van der Waals surface area contributed by atoms with E-state index in [1.165, 1.54) is 11.6 Å². The summed E-state index contributed by atoms with van der Waals surface area (Å²) in [5.74, 6) is -0.469. The van der Waals surface area contributed by atoms with Gasteiger partial charge in [0.25, 0.3) is 5.91 Å². The number of hydrazone groups is 1. The van der Waals surface area contributed by atoms with Crippen molar-refractivity contribution in [1.29, 1.82) is 0 Å². The molecule has 0 aromatic heterocycles. The summed E-state index contributed by atoms with van der Waals surface area (Å²) in [6.07, 6.45) is 3.27. The van der Waals surface area contributed by atoms with Gasteiger partial charge in [-0.3, -0.25) is 4.79 Å². The number of aryl methyl sites for hydroxylation is 1. The number of hydrogen-bond donors (Lipinski definition) is 2. The molecule has 0 unspecified atom stereocenters. The van der Waals surface area contributed by atoms with Gasteiger partial charge < -0.3 is 5.11 Å². The van der Waals surface area contributed by atoms with Gasteiger partial charge in [0.1, 0.15) is 5.75 Å². The molecule has 4 nitrogen and oxygen atoms in total. The van der Waals surface area contributed by atoms with Gasteiger partial charge in [0.2, 0.25) is 0 Å². The van der Waals surface area contributed by atoms with E-state index in [4.69, 9.17) is 0 Å². The molecule has 0 saturated carbocycles. The Kier molecular flexibility index (Phi) is 4.89. The summed E-state index contributed by atoms with van der Waals surface area (Å²) >= 11 is 0. The number of carbonyl (C=O) groups is 1. The SMILES string of the molecule is O=C(N/N=C\CCc1ccccc1)c1ccccc1O. The van der Waals surface area contributed by atoms with Crippen LogP contribution in [0.4, 0.5) is 0 Å². The Hall–Kier alpha value is -2.62. The molecule has 4 heteroatoms. The van der Waals surface area contributed by atoms with Gasteiger partial charge in [-0.2, -0.15) is 5.10 Å². The fourth-order valence-electron chi connectivity index (χ4n) is 1.77. The van der Waals surface area contributed by atoms with Crippen molar-refractivity contribution in [3.05, 3.63) is 65.7 Å². The Morgan fingerprint density at radius 3 is 2.55 bits per heavy atom. The number of nitrogens with one attached hydrogen (secondary N) is 1. The molecular weight excluding hydrogens is 252 g/mol. The minimum atomic E-state index is -0.418. The van der Waals surface area contributed by atoms with Gasteiger partial charge in [-0.15, -0.1) is 0 Å². The lowest BCUT2D eigenvalue weighted by molar-refractivity contribution is 0.0952. The topological polar surface area (TPSA) is 61.7 Å². The Balaban J connectivity index is 1.79. The van der Waals surface area contributed by atoms with Crippen molar-refractivity contribution >= 4 is 12.1 Å². The number of rotatable bonds is 5. The maximum atomic E-state index is 11.7. The fourth-order valence-corrected chi connectivity index (χ4v) is 1.77. The number of para-hydroxylation sites is 1. The predicted molar refractivity (Wildman–Crippen MR) is 78.8 cm³/mol. The molecule has 0 fully saturated rings. The molecule has 20 heavy (non-hydrogen) atoms. The van der Waals surface area contributed by atoms with E-state index in [-0.39, 0.29) is 11.3 Å². The van der Waals surface area contributed by atoms with Gasteiger partial charge in [0, 0.05) is 6.21 Å². The monoisotopic (exact) mass is 268 g/mol. The number of benzene rings is 2. The Bertz CT molecular complexity index is 594. The van der Waals surface area contributed by atoms with E-state index in [0.29, 0.717) is 0 Å². The van der Waals surface area contributed by atoms with Crippen molar-refractivity contribution < 1.29 is 9.90 Å².